The summed E-state index contributed by atoms with van der Waals surface area (Å²) in [6, 6.07) is 3.65. The number of aliphatic hydroxyl groups excluding tert-OH is 4. The van der Waals surface area contributed by atoms with E-state index in [1.54, 1.807) is 52.0 Å². The first kappa shape index (κ1) is 59.7. The largest absolute Gasteiger partial charge is 0.480 e. The molecule has 378 valence electrons. The number of aliphatic hydroxyl groups is 4. The second-order valence-electron chi connectivity index (χ2n) is 17.8. The summed E-state index contributed by atoms with van der Waals surface area (Å²) < 4.78 is 5.26. The Hall–Kier alpha value is -5.35. The zero-order valence-electron chi connectivity index (χ0n) is 39.7. The Morgan fingerprint density at radius 1 is 0.716 bits per heavy atom. The van der Waals surface area contributed by atoms with E-state index in [0.29, 0.717) is 6.42 Å². The fraction of sp³-hybridized carbons (Fsp3) is 0.674. The molecule has 5 amide bonds. The van der Waals surface area contributed by atoms with Crippen molar-refractivity contribution < 1.29 is 73.4 Å². The molecule has 1 aromatic rings. The molecule has 1 aromatic carbocycles. The minimum atomic E-state index is -1.68. The average molecular weight is 951 g/mol. The fourth-order valence-corrected chi connectivity index (χ4v) is 6.86. The van der Waals surface area contributed by atoms with Crippen molar-refractivity contribution in [3.05, 3.63) is 35.9 Å². The van der Waals surface area contributed by atoms with Crippen molar-refractivity contribution in [3.63, 3.8) is 0 Å². The summed E-state index contributed by atoms with van der Waals surface area (Å²) in [6.07, 6.45) is -4.23. The molecule has 1 rings (SSSR count). The highest BCUT2D eigenvalue weighted by Gasteiger charge is 2.36. The maximum Gasteiger partial charge on any atom is 0.407 e. The molecule has 0 heterocycles. The normalized spacial score (nSPS) is 15.9. The summed E-state index contributed by atoms with van der Waals surface area (Å²) >= 11 is 0. The zero-order valence-corrected chi connectivity index (χ0v) is 39.7. The molecule has 1 unspecified atom stereocenters. The maximum absolute atomic E-state index is 14.2. The number of alkyl carbamates (subject to hydrolysis) is 1. The van der Waals surface area contributed by atoms with E-state index in [-0.39, 0.29) is 44.2 Å². The van der Waals surface area contributed by atoms with Gasteiger partial charge in [0, 0.05) is 31.7 Å². The summed E-state index contributed by atoms with van der Waals surface area (Å²) in [5.74, 6) is -11.8. The van der Waals surface area contributed by atoms with Crippen molar-refractivity contribution in [2.45, 2.75) is 136 Å². The minimum Gasteiger partial charge on any atom is -0.480 e. The highest BCUT2D eigenvalue weighted by atomic mass is 16.5. The lowest BCUT2D eigenvalue weighted by Gasteiger charge is -2.29. The van der Waals surface area contributed by atoms with Gasteiger partial charge in [-0.3, -0.25) is 33.6 Å². The molecule has 0 aromatic heterocycles. The maximum atomic E-state index is 14.2. The van der Waals surface area contributed by atoms with Gasteiger partial charge in [0.2, 0.25) is 23.6 Å². The number of nitrogens with two attached hydrogens (primary N) is 1. The van der Waals surface area contributed by atoms with Crippen molar-refractivity contribution in [2.24, 2.45) is 41.2 Å². The van der Waals surface area contributed by atoms with Crippen LogP contribution in [-0.2, 0) is 49.7 Å². The van der Waals surface area contributed by atoms with Gasteiger partial charge in [-0.15, -0.1) is 0 Å². The Morgan fingerprint density at radius 3 is 1.87 bits per heavy atom. The molecule has 0 radical (unpaired) electrons. The number of nitrogens with one attached hydrogen (secondary N) is 5. The van der Waals surface area contributed by atoms with Gasteiger partial charge in [0.05, 0.1) is 55.9 Å². The van der Waals surface area contributed by atoms with E-state index in [0.717, 1.165) is 5.56 Å². The van der Waals surface area contributed by atoms with Gasteiger partial charge in [0.15, 0.2) is 17.3 Å². The molecule has 21 heteroatoms. The summed E-state index contributed by atoms with van der Waals surface area (Å²) in [5.41, 5.74) is 6.79. The molecule has 10 atom stereocenters. The van der Waals surface area contributed by atoms with Gasteiger partial charge in [-0.25, -0.2) is 9.59 Å². The predicted octanol–water partition coefficient (Wildman–Crippen LogP) is -0.124. The monoisotopic (exact) mass is 951 g/mol. The minimum absolute atomic E-state index is 0.0174. The van der Waals surface area contributed by atoms with Crippen molar-refractivity contribution in [1.29, 1.82) is 0 Å². The van der Waals surface area contributed by atoms with Crippen LogP contribution < -0.4 is 32.3 Å². The van der Waals surface area contributed by atoms with Crippen LogP contribution >= 0.6 is 0 Å². The van der Waals surface area contributed by atoms with Crippen LogP contribution in [0.1, 0.15) is 99.0 Å². The number of hydrogen-bond donors (Lipinski definition) is 11. The van der Waals surface area contributed by atoms with Crippen LogP contribution in [0, 0.1) is 35.5 Å². The standard InChI is InChI=1S/C46H74N6O15/c1-8-27(6)39(37(58)20-33(28(7)55)43(62)49-21-32(56)18-31(22-53)42(61)51-35(23-54)45(64)65)52-41(60)30(15-12-16-48-46(66)67-24-29-13-10-9-11-14-29)19-36(57)34(17-25(2)3)50-44(63)38(47)40(59)26(4)5/h9-11,13-14,25-28,30-31,33-35,38-40,53-55,59H,8,12,15-24,47H2,1-7H3,(H,48,66)(H,49,62)(H,50,63)(H,51,61)(H,52,60)(H,64,65)/t27-,28-,30-,31-,33-,34-,35-,38?,39-,40+/m0/s1. The summed E-state index contributed by atoms with van der Waals surface area (Å²) in [7, 11) is 0. The van der Waals surface area contributed by atoms with Crippen LogP contribution in [0.25, 0.3) is 0 Å². The molecule has 0 aliphatic carbocycles. The van der Waals surface area contributed by atoms with Gasteiger partial charge in [-0.1, -0.05) is 78.3 Å². The van der Waals surface area contributed by atoms with Crippen LogP contribution in [0.4, 0.5) is 4.79 Å². The highest BCUT2D eigenvalue weighted by molar-refractivity contribution is 5.97. The number of Topliss-reactive ketones (excluding diaryl/α,β-unsaturated/α-hetero) is 3. The van der Waals surface area contributed by atoms with Crippen LogP contribution in [0.15, 0.2) is 30.3 Å². The number of ketones is 3. The van der Waals surface area contributed by atoms with Gasteiger partial charge in [-0.2, -0.15) is 0 Å². The first-order valence-electron chi connectivity index (χ1n) is 22.7. The topological polar surface area (TPSA) is 350 Å². The Balaban J connectivity index is 3.27. The van der Waals surface area contributed by atoms with Crippen molar-refractivity contribution in [1.82, 2.24) is 26.6 Å². The third-order valence-corrected chi connectivity index (χ3v) is 11.3. The molecule has 12 N–H and O–H groups in total. The highest BCUT2D eigenvalue weighted by Crippen LogP contribution is 2.21. The van der Waals surface area contributed by atoms with Crippen molar-refractivity contribution >= 4 is 53.0 Å². The molecule has 0 aliphatic heterocycles. The second-order valence-corrected chi connectivity index (χ2v) is 17.8. The summed E-state index contributed by atoms with van der Waals surface area (Å²) in [6.45, 7) is 9.28. The van der Waals surface area contributed by atoms with Gasteiger partial charge in [-0.05, 0) is 49.5 Å². The smallest absolute Gasteiger partial charge is 0.407 e. The van der Waals surface area contributed by atoms with Gasteiger partial charge in [0.25, 0.3) is 0 Å². The Kier molecular flexibility index (Phi) is 27.5. The number of rotatable bonds is 33. The quantitative estimate of drug-likeness (QED) is 0.0409. The molecule has 0 fully saturated rings. The van der Waals surface area contributed by atoms with Crippen LogP contribution in [0.3, 0.4) is 0 Å². The molecule has 0 spiro atoms. The molecular weight excluding hydrogens is 877 g/mol. The number of aliphatic carboxylic acids is 1. The van der Waals surface area contributed by atoms with Crippen LogP contribution in [0.2, 0.25) is 0 Å². The van der Waals surface area contributed by atoms with Crippen LogP contribution in [-0.4, -0.2) is 141 Å². The molecule has 67 heavy (non-hydrogen) atoms. The third-order valence-electron chi connectivity index (χ3n) is 11.3. The Bertz CT molecular complexity index is 1780. The molecule has 0 saturated heterocycles. The van der Waals surface area contributed by atoms with E-state index in [2.05, 4.69) is 21.3 Å². The zero-order chi connectivity index (χ0) is 51.0. The van der Waals surface area contributed by atoms with E-state index in [1.165, 1.54) is 6.92 Å². The molecule has 0 bridgehead atoms. The van der Waals surface area contributed by atoms with Crippen molar-refractivity contribution in [3.8, 4) is 0 Å². The number of ether oxygens (including phenoxy) is 1. The first-order valence-corrected chi connectivity index (χ1v) is 22.7. The number of amides is 5. The SMILES string of the molecule is CC[C@H](C)[C@H](NC(=O)[C@@H](CCCNC(=O)OCc1ccccc1)CC(=O)[C@H](CC(C)C)NC(=O)C(N)[C@H](O)C(C)C)C(=O)C[C@H](C(=O)NCC(=O)C[C@@H](CO)C(=O)N[C@@H](CO)C(=O)O)[C@H](C)O. The lowest BCUT2D eigenvalue weighted by molar-refractivity contribution is -0.144. The average Bonchev–Trinajstić information content (AvgIpc) is 3.28. The van der Waals surface area contributed by atoms with E-state index >= 15 is 0 Å². The molecule has 21 nitrogen and oxygen atoms in total. The van der Waals surface area contributed by atoms with Gasteiger partial charge < -0.3 is 62.6 Å². The predicted molar refractivity (Wildman–Crippen MR) is 243 cm³/mol. The van der Waals surface area contributed by atoms with Gasteiger partial charge >= 0.3 is 12.1 Å². The number of benzene rings is 1. The Labute approximate surface area is 392 Å². The van der Waals surface area contributed by atoms with Crippen LogP contribution in [0.5, 0.6) is 0 Å². The van der Waals surface area contributed by atoms with Crippen molar-refractivity contribution in [2.75, 3.05) is 26.3 Å². The number of carboxylic acid groups (broad SMARTS) is 1. The number of carboxylic acids is 1. The number of carbonyl (C=O) groups is 9. The number of hydrogen-bond acceptors (Lipinski definition) is 15. The third kappa shape index (κ3) is 21.9. The van der Waals surface area contributed by atoms with E-state index < -0.39 is 152 Å². The fourth-order valence-electron chi connectivity index (χ4n) is 6.86. The van der Waals surface area contributed by atoms with E-state index in [9.17, 15) is 63.6 Å². The molecular formula is C46H74N6O15. The van der Waals surface area contributed by atoms with E-state index in [1.807, 2.05) is 25.2 Å². The molecule has 0 saturated carbocycles. The summed E-state index contributed by atoms with van der Waals surface area (Å²) in [4.78, 5) is 117. The first-order chi connectivity index (χ1) is 31.5. The lowest BCUT2D eigenvalue weighted by Crippen LogP contribution is -2.54. The lowest BCUT2D eigenvalue weighted by atomic mass is 9.86. The second kappa shape index (κ2) is 30.8. The molecule has 0 aliphatic rings. The Morgan fingerprint density at radius 2 is 1.33 bits per heavy atom. The summed E-state index contributed by atoms with van der Waals surface area (Å²) in [5, 5.41) is 61.3. The number of carbonyl (C=O) groups excluding carboxylic acids is 8. The van der Waals surface area contributed by atoms with Gasteiger partial charge in [0.1, 0.15) is 18.7 Å². The van der Waals surface area contributed by atoms with E-state index in [4.69, 9.17) is 15.6 Å².